The molecular weight excluding hydrogens is 298 g/mol. The Kier molecular flexibility index (Phi) is 6.38. The van der Waals surface area contributed by atoms with E-state index in [9.17, 15) is 13.2 Å². The van der Waals surface area contributed by atoms with Crippen LogP contribution in [0, 0.1) is 5.92 Å². The van der Waals surface area contributed by atoms with E-state index in [0.29, 0.717) is 12.5 Å². The highest BCUT2D eigenvalue weighted by atomic mass is 32.2. The van der Waals surface area contributed by atoms with Crippen molar-refractivity contribution in [3.05, 3.63) is 23.1 Å². The molecular formula is C13H19NO4S2. The molecule has 112 valence electrons. The number of sulfonamides is 1. The first-order valence-electron chi connectivity index (χ1n) is 6.19. The molecule has 0 saturated heterocycles. The molecule has 0 atom stereocenters. The van der Waals surface area contributed by atoms with Crippen molar-refractivity contribution in [3.63, 3.8) is 0 Å². The second-order valence-corrected chi connectivity index (χ2v) is 7.61. The molecule has 5 nitrogen and oxygen atoms in total. The monoisotopic (exact) mass is 317 g/mol. The van der Waals surface area contributed by atoms with Crippen LogP contribution in [0.25, 0.3) is 6.08 Å². The number of carbonyl (C=O) groups excluding carboxylic acids is 1. The first kappa shape index (κ1) is 16.9. The average Bonchev–Trinajstić information content (AvgIpc) is 2.86. The number of esters is 1. The quantitative estimate of drug-likeness (QED) is 0.783. The van der Waals surface area contributed by atoms with E-state index in [1.54, 1.807) is 23.6 Å². The molecule has 0 aliphatic carbocycles. The van der Waals surface area contributed by atoms with Crippen LogP contribution in [0.1, 0.15) is 25.8 Å². The minimum Gasteiger partial charge on any atom is -0.465 e. The first-order chi connectivity index (χ1) is 9.35. The minimum atomic E-state index is -3.39. The summed E-state index contributed by atoms with van der Waals surface area (Å²) < 4.78 is 30.6. The highest BCUT2D eigenvalue weighted by Gasteiger charge is 2.13. The zero-order valence-electron chi connectivity index (χ0n) is 11.8. The van der Waals surface area contributed by atoms with Crippen LogP contribution in [-0.4, -0.2) is 28.0 Å². The third-order valence-corrected chi connectivity index (χ3v) is 5.17. The smallest absolute Gasteiger partial charge is 0.309 e. The lowest BCUT2D eigenvalue weighted by atomic mass is 10.2. The highest BCUT2D eigenvalue weighted by molar-refractivity contribution is 7.91. The number of rotatable bonds is 7. The Morgan fingerprint density at radius 3 is 2.80 bits per heavy atom. The summed E-state index contributed by atoms with van der Waals surface area (Å²) in [5.41, 5.74) is 0.750. The molecule has 0 fully saturated rings. The fraction of sp³-hybridized carbons (Fsp3) is 0.462. The van der Waals surface area contributed by atoms with Crippen LogP contribution >= 0.6 is 11.3 Å². The summed E-state index contributed by atoms with van der Waals surface area (Å²) in [6.07, 6.45) is 3.55. The van der Waals surface area contributed by atoms with Crippen LogP contribution in [0.4, 0.5) is 0 Å². The van der Waals surface area contributed by atoms with Gasteiger partial charge >= 0.3 is 5.97 Å². The molecule has 1 aromatic rings. The molecule has 20 heavy (non-hydrogen) atoms. The molecule has 1 N–H and O–H groups in total. The van der Waals surface area contributed by atoms with Crippen molar-refractivity contribution >= 4 is 33.4 Å². The number of thiophene rings is 1. The molecule has 0 saturated carbocycles. The second-order valence-electron chi connectivity index (χ2n) is 4.59. The molecule has 1 heterocycles. The highest BCUT2D eigenvalue weighted by Crippen LogP contribution is 2.20. The maximum Gasteiger partial charge on any atom is 0.309 e. The van der Waals surface area contributed by atoms with Gasteiger partial charge in [-0.05, 0) is 30.0 Å². The predicted octanol–water partition coefficient (Wildman–Crippen LogP) is 2.26. The Morgan fingerprint density at radius 1 is 1.50 bits per heavy atom. The summed E-state index contributed by atoms with van der Waals surface area (Å²) in [6, 6.07) is 1.56. The number of nitrogens with one attached hydrogen (secondary N) is 1. The van der Waals surface area contributed by atoms with Gasteiger partial charge in [-0.3, -0.25) is 4.79 Å². The molecule has 0 amide bonds. The maximum absolute atomic E-state index is 11.5. The summed E-state index contributed by atoms with van der Waals surface area (Å²) >= 11 is 1.14. The van der Waals surface area contributed by atoms with Gasteiger partial charge < -0.3 is 4.74 Å². The molecule has 1 aromatic heterocycles. The third-order valence-electron chi connectivity index (χ3n) is 2.30. The molecule has 0 bridgehead atoms. The molecule has 0 unspecified atom stereocenters. The standard InChI is InChI=1S/C13H19NO4S2/c1-10(2)8-18-12(15)6-4-5-11-7-13(19-9-11)20(16,17)14-3/h4-5,7,9-10,14H,6,8H2,1-3H3/b5-4+. The normalized spacial score (nSPS) is 12.2. The van der Waals surface area contributed by atoms with Crippen molar-refractivity contribution in [1.82, 2.24) is 4.72 Å². The van der Waals surface area contributed by atoms with E-state index in [4.69, 9.17) is 4.74 Å². The topological polar surface area (TPSA) is 72.5 Å². The van der Waals surface area contributed by atoms with Gasteiger partial charge in [0, 0.05) is 0 Å². The van der Waals surface area contributed by atoms with Crippen molar-refractivity contribution in [2.75, 3.05) is 13.7 Å². The average molecular weight is 317 g/mol. The first-order valence-corrected chi connectivity index (χ1v) is 8.55. The molecule has 0 aliphatic rings. The Labute approximate surface area is 123 Å². The van der Waals surface area contributed by atoms with Crippen LogP contribution in [0.2, 0.25) is 0 Å². The van der Waals surface area contributed by atoms with Gasteiger partial charge in [0.15, 0.2) is 0 Å². The van der Waals surface area contributed by atoms with E-state index in [2.05, 4.69) is 4.72 Å². The van der Waals surface area contributed by atoms with Gasteiger partial charge in [-0.1, -0.05) is 26.0 Å². The fourth-order valence-electron chi connectivity index (χ4n) is 1.27. The fourth-order valence-corrected chi connectivity index (χ4v) is 3.27. The van der Waals surface area contributed by atoms with E-state index in [0.717, 1.165) is 16.9 Å². The van der Waals surface area contributed by atoms with E-state index < -0.39 is 10.0 Å². The number of hydrogen-bond acceptors (Lipinski definition) is 5. The van der Waals surface area contributed by atoms with Gasteiger partial charge in [-0.2, -0.15) is 0 Å². The minimum absolute atomic E-state index is 0.177. The van der Waals surface area contributed by atoms with Gasteiger partial charge in [0.25, 0.3) is 0 Å². The summed E-state index contributed by atoms with van der Waals surface area (Å²) in [5, 5.41) is 1.72. The number of hydrogen-bond donors (Lipinski definition) is 1. The summed E-state index contributed by atoms with van der Waals surface area (Å²) in [4.78, 5) is 11.4. The third kappa shape index (κ3) is 5.44. The largest absolute Gasteiger partial charge is 0.465 e. The van der Waals surface area contributed by atoms with E-state index in [1.165, 1.54) is 7.05 Å². The Morgan fingerprint density at radius 2 is 2.20 bits per heavy atom. The molecule has 0 spiro atoms. The SMILES string of the molecule is CNS(=O)(=O)c1cc(/C=C/CC(=O)OCC(C)C)cs1. The predicted molar refractivity (Wildman–Crippen MR) is 80.0 cm³/mol. The molecule has 0 aromatic carbocycles. The van der Waals surface area contributed by atoms with E-state index in [-0.39, 0.29) is 16.6 Å². The van der Waals surface area contributed by atoms with Gasteiger partial charge in [-0.15, -0.1) is 11.3 Å². The number of ether oxygens (including phenoxy) is 1. The van der Waals surface area contributed by atoms with Crippen molar-refractivity contribution in [2.45, 2.75) is 24.5 Å². The van der Waals surface area contributed by atoms with Gasteiger partial charge in [0.05, 0.1) is 13.0 Å². The zero-order chi connectivity index (χ0) is 15.2. The Hall–Kier alpha value is -1.18. The van der Waals surface area contributed by atoms with Gasteiger partial charge in [-0.25, -0.2) is 13.1 Å². The number of carbonyl (C=O) groups is 1. The lowest BCUT2D eigenvalue weighted by Crippen LogP contribution is -2.17. The maximum atomic E-state index is 11.5. The van der Waals surface area contributed by atoms with Gasteiger partial charge in [0.2, 0.25) is 10.0 Å². The molecule has 0 aliphatic heterocycles. The molecule has 1 rings (SSSR count). The van der Waals surface area contributed by atoms with Crippen LogP contribution in [0.5, 0.6) is 0 Å². The Balaban J connectivity index is 2.53. The van der Waals surface area contributed by atoms with Crippen molar-refractivity contribution < 1.29 is 17.9 Å². The lowest BCUT2D eigenvalue weighted by Gasteiger charge is -2.04. The van der Waals surface area contributed by atoms with Crippen LogP contribution in [0.15, 0.2) is 21.7 Å². The van der Waals surface area contributed by atoms with Crippen LogP contribution < -0.4 is 4.72 Å². The van der Waals surface area contributed by atoms with Crippen molar-refractivity contribution in [3.8, 4) is 0 Å². The zero-order valence-corrected chi connectivity index (χ0v) is 13.4. The molecule has 7 heteroatoms. The summed E-state index contributed by atoms with van der Waals surface area (Å²) in [7, 11) is -2.02. The summed E-state index contributed by atoms with van der Waals surface area (Å²) in [5.74, 6) is 0.0300. The van der Waals surface area contributed by atoms with E-state index in [1.807, 2.05) is 13.8 Å². The van der Waals surface area contributed by atoms with Crippen LogP contribution in [-0.2, 0) is 19.6 Å². The van der Waals surface area contributed by atoms with Crippen LogP contribution in [0.3, 0.4) is 0 Å². The second kappa shape index (κ2) is 7.56. The van der Waals surface area contributed by atoms with E-state index >= 15 is 0 Å². The Bertz CT molecular complexity index is 573. The van der Waals surface area contributed by atoms with Crippen molar-refractivity contribution in [2.24, 2.45) is 5.92 Å². The molecule has 0 radical (unpaired) electrons. The van der Waals surface area contributed by atoms with Gasteiger partial charge in [0.1, 0.15) is 4.21 Å². The van der Waals surface area contributed by atoms with Crippen molar-refractivity contribution in [1.29, 1.82) is 0 Å². The lowest BCUT2D eigenvalue weighted by molar-refractivity contribution is -0.143. The summed E-state index contributed by atoms with van der Waals surface area (Å²) in [6.45, 7) is 4.35.